The van der Waals surface area contributed by atoms with Crippen molar-refractivity contribution < 1.29 is 9.21 Å². The molecule has 0 saturated carbocycles. The fourth-order valence-electron chi connectivity index (χ4n) is 2.24. The Morgan fingerprint density at radius 1 is 1.08 bits per heavy atom. The predicted octanol–water partition coefficient (Wildman–Crippen LogP) is 2.98. The van der Waals surface area contributed by atoms with E-state index in [1.165, 1.54) is 0 Å². The monoisotopic (exact) mass is 322 g/mol. The molecule has 0 atom stereocenters. The molecule has 0 radical (unpaired) electrons. The van der Waals surface area contributed by atoms with E-state index in [9.17, 15) is 4.79 Å². The van der Waals surface area contributed by atoms with Gasteiger partial charge in [-0.05, 0) is 23.8 Å². The Morgan fingerprint density at radius 2 is 1.88 bits per heavy atom. The lowest BCUT2D eigenvalue weighted by atomic mass is 10.2. The molecule has 0 aliphatic carbocycles. The topological polar surface area (TPSA) is 71.3 Å². The molecule has 1 aromatic heterocycles. The van der Waals surface area contributed by atoms with Gasteiger partial charge in [0.15, 0.2) is 0 Å². The molecule has 1 N–H and O–H groups in total. The van der Waals surface area contributed by atoms with Crippen LogP contribution in [-0.2, 0) is 6.42 Å². The number of carbonyl (C=O) groups excluding carboxylic acids is 1. The number of anilines is 2. The molecule has 122 valence electrons. The lowest BCUT2D eigenvalue weighted by Gasteiger charge is -2.12. The molecule has 3 aromatic rings. The van der Waals surface area contributed by atoms with Gasteiger partial charge >= 0.3 is 6.01 Å². The van der Waals surface area contributed by atoms with Crippen molar-refractivity contribution in [2.24, 2.45) is 0 Å². The van der Waals surface area contributed by atoms with Crippen LogP contribution in [0.15, 0.2) is 59.0 Å². The third-order valence-electron chi connectivity index (χ3n) is 3.51. The quantitative estimate of drug-likeness (QED) is 0.782. The van der Waals surface area contributed by atoms with E-state index in [4.69, 9.17) is 4.42 Å². The first-order valence-electron chi connectivity index (χ1n) is 7.57. The highest BCUT2D eigenvalue weighted by atomic mass is 16.4. The van der Waals surface area contributed by atoms with Crippen molar-refractivity contribution in [2.75, 3.05) is 24.3 Å². The highest BCUT2D eigenvalue weighted by molar-refractivity contribution is 6.03. The molecule has 6 nitrogen and oxygen atoms in total. The number of nitrogens with one attached hydrogen (secondary N) is 1. The number of amides is 1. The van der Waals surface area contributed by atoms with Crippen LogP contribution in [0, 0.1) is 0 Å². The molecule has 6 heteroatoms. The van der Waals surface area contributed by atoms with Gasteiger partial charge in [0.2, 0.25) is 5.89 Å². The molecular formula is C18H18N4O2. The Bertz CT molecular complexity index is 828. The van der Waals surface area contributed by atoms with Gasteiger partial charge in [0.05, 0.1) is 6.42 Å². The van der Waals surface area contributed by atoms with Crippen molar-refractivity contribution in [1.82, 2.24) is 10.2 Å². The average Bonchev–Trinajstić information content (AvgIpc) is 3.02. The molecule has 3 rings (SSSR count). The van der Waals surface area contributed by atoms with E-state index in [0.717, 1.165) is 11.3 Å². The SMILES string of the molecule is CN(C)c1cccc(C(=O)Nc2nnc(Cc3ccccc3)o2)c1. The fraction of sp³-hybridized carbons (Fsp3) is 0.167. The standard InChI is InChI=1S/C18H18N4O2/c1-22(2)15-10-6-9-14(12-15)17(23)19-18-21-20-16(24-18)11-13-7-4-3-5-8-13/h3-10,12H,11H2,1-2H3,(H,19,21,23). The number of carbonyl (C=O) groups is 1. The molecule has 0 aliphatic heterocycles. The summed E-state index contributed by atoms with van der Waals surface area (Å²) in [5.41, 5.74) is 2.54. The van der Waals surface area contributed by atoms with Crippen molar-refractivity contribution in [2.45, 2.75) is 6.42 Å². The maximum atomic E-state index is 12.3. The number of aromatic nitrogens is 2. The summed E-state index contributed by atoms with van der Waals surface area (Å²) >= 11 is 0. The zero-order valence-electron chi connectivity index (χ0n) is 13.6. The minimum absolute atomic E-state index is 0.0983. The molecule has 2 aromatic carbocycles. The van der Waals surface area contributed by atoms with E-state index in [0.29, 0.717) is 17.9 Å². The second kappa shape index (κ2) is 6.95. The van der Waals surface area contributed by atoms with Crippen molar-refractivity contribution in [3.63, 3.8) is 0 Å². The molecule has 0 spiro atoms. The van der Waals surface area contributed by atoms with Crippen LogP contribution in [0.1, 0.15) is 21.8 Å². The summed E-state index contributed by atoms with van der Waals surface area (Å²) < 4.78 is 5.49. The fourth-order valence-corrected chi connectivity index (χ4v) is 2.24. The van der Waals surface area contributed by atoms with Gasteiger partial charge in [0, 0.05) is 25.3 Å². The van der Waals surface area contributed by atoms with Crippen LogP contribution in [0.25, 0.3) is 0 Å². The van der Waals surface area contributed by atoms with Gasteiger partial charge in [-0.1, -0.05) is 41.5 Å². The second-order valence-electron chi connectivity index (χ2n) is 5.56. The zero-order chi connectivity index (χ0) is 16.9. The smallest absolute Gasteiger partial charge is 0.322 e. The summed E-state index contributed by atoms with van der Waals surface area (Å²) in [5.74, 6) is 0.173. The van der Waals surface area contributed by atoms with Crippen LogP contribution in [0.2, 0.25) is 0 Å². The van der Waals surface area contributed by atoms with Crippen LogP contribution in [0.3, 0.4) is 0 Å². The molecule has 1 heterocycles. The molecule has 0 fully saturated rings. The minimum atomic E-state index is -0.284. The molecule has 0 unspecified atom stereocenters. The van der Waals surface area contributed by atoms with E-state index in [1.54, 1.807) is 12.1 Å². The summed E-state index contributed by atoms with van der Waals surface area (Å²) in [6, 6.07) is 17.2. The summed E-state index contributed by atoms with van der Waals surface area (Å²) in [5, 5.41) is 10.5. The van der Waals surface area contributed by atoms with Crippen molar-refractivity contribution in [3.8, 4) is 0 Å². The van der Waals surface area contributed by atoms with Crippen LogP contribution in [-0.4, -0.2) is 30.2 Å². The van der Waals surface area contributed by atoms with Crippen LogP contribution >= 0.6 is 0 Å². The van der Waals surface area contributed by atoms with Crippen molar-refractivity contribution in [3.05, 3.63) is 71.6 Å². The maximum Gasteiger partial charge on any atom is 0.322 e. The first kappa shape index (κ1) is 15.7. The Labute approximate surface area is 140 Å². The summed E-state index contributed by atoms with van der Waals surface area (Å²) in [6.45, 7) is 0. The van der Waals surface area contributed by atoms with Gasteiger partial charge in [0.1, 0.15) is 0 Å². The first-order chi connectivity index (χ1) is 11.6. The number of benzene rings is 2. The third-order valence-corrected chi connectivity index (χ3v) is 3.51. The molecule has 1 amide bonds. The highest BCUT2D eigenvalue weighted by Gasteiger charge is 2.12. The third kappa shape index (κ3) is 3.78. The second-order valence-corrected chi connectivity index (χ2v) is 5.56. The minimum Gasteiger partial charge on any atom is -0.407 e. The van der Waals surface area contributed by atoms with Gasteiger partial charge in [-0.2, -0.15) is 0 Å². The maximum absolute atomic E-state index is 12.3. The average molecular weight is 322 g/mol. The highest BCUT2D eigenvalue weighted by Crippen LogP contribution is 2.16. The van der Waals surface area contributed by atoms with Crippen molar-refractivity contribution >= 4 is 17.6 Å². The normalized spacial score (nSPS) is 10.4. The van der Waals surface area contributed by atoms with Crippen LogP contribution in [0.4, 0.5) is 11.7 Å². The summed E-state index contributed by atoms with van der Waals surface area (Å²) in [6.07, 6.45) is 0.528. The molecule has 24 heavy (non-hydrogen) atoms. The largest absolute Gasteiger partial charge is 0.407 e. The van der Waals surface area contributed by atoms with Crippen molar-refractivity contribution in [1.29, 1.82) is 0 Å². The molecule has 0 bridgehead atoms. The van der Waals surface area contributed by atoms with Gasteiger partial charge < -0.3 is 9.32 Å². The molecular weight excluding hydrogens is 304 g/mol. The Hall–Kier alpha value is -3.15. The van der Waals surface area contributed by atoms with E-state index >= 15 is 0 Å². The Kier molecular flexibility index (Phi) is 4.56. The van der Waals surface area contributed by atoms with Gasteiger partial charge in [-0.15, -0.1) is 5.10 Å². The summed E-state index contributed by atoms with van der Waals surface area (Å²) in [7, 11) is 3.84. The Morgan fingerprint density at radius 3 is 2.62 bits per heavy atom. The first-order valence-corrected chi connectivity index (χ1v) is 7.57. The van der Waals surface area contributed by atoms with Crippen LogP contribution in [0.5, 0.6) is 0 Å². The van der Waals surface area contributed by atoms with E-state index in [2.05, 4.69) is 15.5 Å². The van der Waals surface area contributed by atoms with E-state index in [1.807, 2.05) is 61.5 Å². The number of rotatable bonds is 5. The van der Waals surface area contributed by atoms with Gasteiger partial charge in [0.25, 0.3) is 5.91 Å². The van der Waals surface area contributed by atoms with E-state index in [-0.39, 0.29) is 11.9 Å². The van der Waals surface area contributed by atoms with Gasteiger partial charge in [-0.25, -0.2) is 0 Å². The lowest BCUT2D eigenvalue weighted by molar-refractivity contribution is 0.102. The zero-order valence-corrected chi connectivity index (χ0v) is 13.6. The number of hydrogen-bond acceptors (Lipinski definition) is 5. The predicted molar refractivity (Wildman–Crippen MR) is 92.3 cm³/mol. The molecule has 0 aliphatic rings. The van der Waals surface area contributed by atoms with Gasteiger partial charge in [-0.3, -0.25) is 10.1 Å². The van der Waals surface area contributed by atoms with E-state index < -0.39 is 0 Å². The number of hydrogen-bond donors (Lipinski definition) is 1. The molecule has 0 saturated heterocycles. The Balaban J connectivity index is 1.68. The number of nitrogens with zero attached hydrogens (tertiary/aromatic N) is 3. The lowest BCUT2D eigenvalue weighted by Crippen LogP contribution is -2.14. The summed E-state index contributed by atoms with van der Waals surface area (Å²) in [4.78, 5) is 14.2. The van der Waals surface area contributed by atoms with Crippen LogP contribution < -0.4 is 10.2 Å².